The van der Waals surface area contributed by atoms with Gasteiger partial charge in [0.25, 0.3) is 0 Å². The van der Waals surface area contributed by atoms with Gasteiger partial charge < -0.3 is 4.98 Å². The maximum Gasteiger partial charge on any atom is 0.330 e. The summed E-state index contributed by atoms with van der Waals surface area (Å²) in [4.78, 5) is 28.0. The summed E-state index contributed by atoms with van der Waals surface area (Å²) in [6.45, 7) is 4.07. The van der Waals surface area contributed by atoms with Crippen molar-refractivity contribution in [3.63, 3.8) is 0 Å². The van der Waals surface area contributed by atoms with Crippen molar-refractivity contribution in [1.29, 1.82) is 0 Å². The largest absolute Gasteiger partial charge is 0.330 e. The van der Waals surface area contributed by atoms with Gasteiger partial charge in [-0.25, -0.2) is 9.18 Å². The third-order valence-corrected chi connectivity index (χ3v) is 5.24. The zero-order valence-corrected chi connectivity index (χ0v) is 17.2. The van der Waals surface area contributed by atoms with Crippen molar-refractivity contribution in [1.82, 2.24) is 9.55 Å². The van der Waals surface area contributed by atoms with Crippen LogP contribution in [0.25, 0.3) is 23.0 Å². The van der Waals surface area contributed by atoms with Gasteiger partial charge >= 0.3 is 5.69 Å². The minimum atomic E-state index is -0.326. The number of ketones is 1. The molecule has 154 valence electrons. The SMILES string of the molecule is Cc1ccc(-c2cn(-c3cccc(C(=O)/C=C/c4ccc(F)cc4)c3)c(=O)[nH]2)cc1C. The number of imidazole rings is 1. The first-order valence-corrected chi connectivity index (χ1v) is 9.88. The van der Waals surface area contributed by atoms with Crippen LogP contribution in [0.5, 0.6) is 0 Å². The van der Waals surface area contributed by atoms with E-state index in [9.17, 15) is 14.0 Å². The van der Waals surface area contributed by atoms with Crippen molar-refractivity contribution in [2.24, 2.45) is 0 Å². The number of nitrogens with one attached hydrogen (secondary N) is 1. The Bertz CT molecular complexity index is 1340. The minimum Gasteiger partial charge on any atom is -0.305 e. The Hall–Kier alpha value is -3.99. The van der Waals surface area contributed by atoms with Gasteiger partial charge in [-0.1, -0.05) is 42.5 Å². The second-order valence-electron chi connectivity index (χ2n) is 7.44. The van der Waals surface area contributed by atoms with Crippen LogP contribution in [0.15, 0.2) is 83.8 Å². The zero-order chi connectivity index (χ0) is 22.0. The second-order valence-corrected chi connectivity index (χ2v) is 7.44. The van der Waals surface area contributed by atoms with Crippen molar-refractivity contribution in [3.8, 4) is 16.9 Å². The van der Waals surface area contributed by atoms with E-state index >= 15 is 0 Å². The molecule has 0 saturated heterocycles. The number of rotatable bonds is 5. The molecule has 1 aromatic heterocycles. The predicted octanol–water partition coefficient (Wildman–Crippen LogP) is 5.48. The highest BCUT2D eigenvalue weighted by Gasteiger charge is 2.10. The number of H-pyrrole nitrogens is 1. The summed E-state index contributed by atoms with van der Waals surface area (Å²) in [5, 5.41) is 0. The van der Waals surface area contributed by atoms with Crippen LogP contribution < -0.4 is 5.69 Å². The van der Waals surface area contributed by atoms with Gasteiger partial charge in [-0.3, -0.25) is 9.36 Å². The Morgan fingerprint density at radius 3 is 2.48 bits per heavy atom. The second kappa shape index (κ2) is 8.40. The highest BCUT2D eigenvalue weighted by Crippen LogP contribution is 2.21. The number of allylic oxidation sites excluding steroid dienone is 1. The molecule has 4 nitrogen and oxygen atoms in total. The fourth-order valence-electron chi connectivity index (χ4n) is 3.29. The highest BCUT2D eigenvalue weighted by molar-refractivity contribution is 6.07. The number of aryl methyl sites for hydroxylation is 2. The van der Waals surface area contributed by atoms with Gasteiger partial charge in [-0.05, 0) is 72.5 Å². The third kappa shape index (κ3) is 4.46. The minimum absolute atomic E-state index is 0.204. The molecule has 0 fully saturated rings. The van der Waals surface area contributed by atoms with E-state index in [4.69, 9.17) is 0 Å². The van der Waals surface area contributed by atoms with Crippen molar-refractivity contribution in [2.75, 3.05) is 0 Å². The molecule has 0 aliphatic heterocycles. The molecule has 0 saturated carbocycles. The number of hydrogen-bond acceptors (Lipinski definition) is 2. The number of carbonyl (C=O) groups excluding carboxylic acids is 1. The predicted molar refractivity (Wildman–Crippen MR) is 121 cm³/mol. The van der Waals surface area contributed by atoms with Crippen molar-refractivity contribution < 1.29 is 9.18 Å². The molecule has 0 amide bonds. The molecule has 0 atom stereocenters. The van der Waals surface area contributed by atoms with Gasteiger partial charge in [-0.2, -0.15) is 0 Å². The van der Waals surface area contributed by atoms with Crippen LogP contribution in [0, 0.1) is 19.7 Å². The Kier molecular flexibility index (Phi) is 5.50. The standard InChI is InChI=1S/C26H21FN2O2/c1-17-6-10-20(14-18(17)2)24-16-29(26(31)28-24)23-5-3-4-21(15-23)25(30)13-9-19-7-11-22(27)12-8-19/h3-16H,1-2H3,(H,28,31)/b13-9+. The van der Waals surface area contributed by atoms with Crippen LogP contribution in [0.4, 0.5) is 4.39 Å². The number of benzene rings is 3. The first kappa shape index (κ1) is 20.3. The average molecular weight is 412 g/mol. The molecule has 0 spiro atoms. The first-order valence-electron chi connectivity index (χ1n) is 9.88. The van der Waals surface area contributed by atoms with Crippen molar-refractivity contribution >= 4 is 11.9 Å². The monoisotopic (exact) mass is 412 g/mol. The van der Waals surface area contributed by atoms with E-state index in [2.05, 4.69) is 4.98 Å². The van der Waals surface area contributed by atoms with Crippen LogP contribution in [-0.4, -0.2) is 15.3 Å². The van der Waals surface area contributed by atoms with Crippen LogP contribution in [0.1, 0.15) is 27.0 Å². The van der Waals surface area contributed by atoms with Crippen LogP contribution in [0.2, 0.25) is 0 Å². The van der Waals surface area contributed by atoms with Crippen LogP contribution in [-0.2, 0) is 0 Å². The molecule has 5 heteroatoms. The molecule has 0 aliphatic rings. The number of aromatic amines is 1. The number of carbonyl (C=O) groups is 1. The van der Waals surface area contributed by atoms with Gasteiger partial charge in [0.15, 0.2) is 5.78 Å². The lowest BCUT2D eigenvalue weighted by Crippen LogP contribution is -2.14. The third-order valence-electron chi connectivity index (χ3n) is 5.24. The quantitative estimate of drug-likeness (QED) is 0.348. The highest BCUT2D eigenvalue weighted by atomic mass is 19.1. The summed E-state index contributed by atoms with van der Waals surface area (Å²) in [6.07, 6.45) is 4.81. The topological polar surface area (TPSA) is 54.9 Å². The molecule has 1 N–H and O–H groups in total. The van der Waals surface area contributed by atoms with E-state index in [0.717, 1.165) is 16.7 Å². The Morgan fingerprint density at radius 2 is 1.74 bits per heavy atom. The number of nitrogens with zero attached hydrogens (tertiary/aromatic N) is 1. The maximum atomic E-state index is 13.0. The molecule has 4 rings (SSSR count). The molecule has 0 radical (unpaired) electrons. The Balaban J connectivity index is 1.61. The number of aromatic nitrogens is 2. The number of hydrogen-bond donors (Lipinski definition) is 1. The molecule has 0 unspecified atom stereocenters. The van der Waals surface area contributed by atoms with E-state index in [1.807, 2.05) is 32.0 Å². The summed E-state index contributed by atoms with van der Waals surface area (Å²) < 4.78 is 14.5. The summed E-state index contributed by atoms with van der Waals surface area (Å²) in [5.74, 6) is -0.530. The summed E-state index contributed by atoms with van der Waals surface area (Å²) in [5.41, 5.74) is 5.46. The van der Waals surface area contributed by atoms with E-state index in [1.54, 1.807) is 48.7 Å². The summed E-state index contributed by atoms with van der Waals surface area (Å²) in [7, 11) is 0. The molecule has 31 heavy (non-hydrogen) atoms. The zero-order valence-electron chi connectivity index (χ0n) is 17.2. The molecule has 0 aliphatic carbocycles. The van der Waals surface area contributed by atoms with Gasteiger partial charge in [0.2, 0.25) is 0 Å². The van der Waals surface area contributed by atoms with Crippen LogP contribution in [0.3, 0.4) is 0 Å². The molecule has 1 heterocycles. The van der Waals surface area contributed by atoms with E-state index in [0.29, 0.717) is 16.9 Å². The average Bonchev–Trinajstić information content (AvgIpc) is 3.17. The fourth-order valence-corrected chi connectivity index (χ4v) is 3.29. The molecule has 0 bridgehead atoms. The van der Waals surface area contributed by atoms with E-state index in [-0.39, 0.29) is 17.3 Å². The summed E-state index contributed by atoms with van der Waals surface area (Å²) >= 11 is 0. The molecule has 3 aromatic carbocycles. The van der Waals surface area contributed by atoms with Gasteiger partial charge in [0.1, 0.15) is 5.82 Å². The lowest BCUT2D eigenvalue weighted by molar-refractivity contribution is 0.104. The van der Waals surface area contributed by atoms with E-state index in [1.165, 1.54) is 28.3 Å². The van der Waals surface area contributed by atoms with Gasteiger partial charge in [0.05, 0.1) is 11.4 Å². The van der Waals surface area contributed by atoms with Crippen molar-refractivity contribution in [3.05, 3.63) is 118 Å². The number of halogens is 1. The smallest absolute Gasteiger partial charge is 0.305 e. The van der Waals surface area contributed by atoms with Gasteiger partial charge in [-0.15, -0.1) is 0 Å². The molecular weight excluding hydrogens is 391 g/mol. The first-order chi connectivity index (χ1) is 14.9. The normalized spacial score (nSPS) is 11.2. The molecule has 4 aromatic rings. The lowest BCUT2D eigenvalue weighted by atomic mass is 10.0. The summed E-state index contributed by atoms with van der Waals surface area (Å²) in [6, 6.07) is 18.8. The fraction of sp³-hybridized carbons (Fsp3) is 0.0769. The van der Waals surface area contributed by atoms with Crippen LogP contribution >= 0.6 is 0 Å². The van der Waals surface area contributed by atoms with Crippen molar-refractivity contribution in [2.45, 2.75) is 13.8 Å². The van der Waals surface area contributed by atoms with E-state index < -0.39 is 0 Å². The molecular formula is C26H21FN2O2. The Morgan fingerprint density at radius 1 is 0.968 bits per heavy atom. The maximum absolute atomic E-state index is 13.0. The lowest BCUT2D eigenvalue weighted by Gasteiger charge is -2.04. The Labute approximate surface area is 179 Å². The van der Waals surface area contributed by atoms with Gasteiger partial charge in [0, 0.05) is 11.8 Å².